The Morgan fingerprint density at radius 3 is 1.46 bits per heavy atom. The van der Waals surface area contributed by atoms with Gasteiger partial charge in [-0.15, -0.1) is 0 Å². The number of hydrogen-bond acceptors (Lipinski definition) is 2. The summed E-state index contributed by atoms with van der Waals surface area (Å²) >= 11 is 0. The van der Waals surface area contributed by atoms with Crippen molar-refractivity contribution in [3.05, 3.63) is 0 Å². The van der Waals surface area contributed by atoms with Crippen molar-refractivity contribution in [3.63, 3.8) is 0 Å². The highest BCUT2D eigenvalue weighted by molar-refractivity contribution is 4.52. The van der Waals surface area contributed by atoms with E-state index in [-0.39, 0.29) is 23.1 Å². The maximum Gasteiger partial charge on any atom is 0.126 e. The smallest absolute Gasteiger partial charge is 0.126 e. The van der Waals surface area contributed by atoms with Gasteiger partial charge in [0.25, 0.3) is 0 Å². The molecule has 0 amide bonds. The van der Waals surface area contributed by atoms with Gasteiger partial charge in [-0.05, 0) is 6.42 Å². The van der Waals surface area contributed by atoms with Crippen LogP contribution < -0.4 is 17.0 Å². The Hall–Kier alpha value is 0.360. The third-order valence-corrected chi connectivity index (χ3v) is 4.71. The van der Waals surface area contributed by atoms with Crippen molar-refractivity contribution in [2.45, 2.75) is 103 Å². The third-order valence-electron chi connectivity index (χ3n) is 4.71. The van der Waals surface area contributed by atoms with Crippen LogP contribution in [0.5, 0.6) is 0 Å². The Bertz CT molecular complexity index is 269. The summed E-state index contributed by atoms with van der Waals surface area (Å²) in [5.74, 6) is 0. The van der Waals surface area contributed by atoms with Gasteiger partial charge in [-0.1, -0.05) is 90.4 Å². The van der Waals surface area contributed by atoms with Gasteiger partial charge in [-0.25, -0.2) is 0 Å². The lowest BCUT2D eigenvalue weighted by molar-refractivity contribution is -0.873. The molecule has 0 unspecified atom stereocenters. The molecule has 0 spiro atoms. The van der Waals surface area contributed by atoms with Gasteiger partial charge in [-0.3, -0.25) is 0 Å². The summed E-state index contributed by atoms with van der Waals surface area (Å²) in [6, 6.07) is 0. The molecule has 0 saturated heterocycles. The van der Waals surface area contributed by atoms with Crippen LogP contribution in [-0.2, 0) is 4.74 Å². The van der Waals surface area contributed by atoms with Crippen LogP contribution in [0.1, 0.15) is 96.8 Å². The van der Waals surface area contributed by atoms with Crippen LogP contribution in [0, 0.1) is 0 Å². The molecular formula is C22H48BrNO2. The first-order chi connectivity index (χ1) is 12.0. The minimum absolute atomic E-state index is 0. The van der Waals surface area contributed by atoms with Crippen LogP contribution in [0.2, 0.25) is 0 Å². The van der Waals surface area contributed by atoms with Crippen molar-refractivity contribution in [2.75, 3.05) is 40.9 Å². The first-order valence-electron chi connectivity index (χ1n) is 11.0. The predicted octanol–water partition coefficient (Wildman–Crippen LogP) is 2.56. The quantitative estimate of drug-likeness (QED) is 0.248. The molecule has 3 nitrogen and oxygen atoms in total. The van der Waals surface area contributed by atoms with E-state index in [1.807, 2.05) is 0 Å². The number of aliphatic hydroxyl groups excluding tert-OH is 1. The summed E-state index contributed by atoms with van der Waals surface area (Å²) in [4.78, 5) is 0. The monoisotopic (exact) mass is 437 g/mol. The van der Waals surface area contributed by atoms with E-state index in [1.54, 1.807) is 0 Å². The lowest BCUT2D eigenvalue weighted by Crippen LogP contribution is -3.00. The summed E-state index contributed by atoms with van der Waals surface area (Å²) < 4.78 is 6.37. The second-order valence-corrected chi connectivity index (χ2v) is 8.80. The summed E-state index contributed by atoms with van der Waals surface area (Å²) in [5, 5.41) is 9.86. The highest BCUT2D eigenvalue weighted by Gasteiger charge is 2.15. The number of quaternary nitrogens is 1. The molecule has 0 rings (SSSR count). The standard InChI is InChI=1S/C22H48NO2.BrH/c1-5-6-7-8-9-10-11-12-13-14-15-16-17-18-19-25-21-22(24)20-23(2,3)4;/h22,24H,5-21H2,1-4H3;1H/q+1;/p-1/t22-;/m0./s1. The molecule has 0 aromatic heterocycles. The van der Waals surface area contributed by atoms with Gasteiger partial charge in [0.1, 0.15) is 12.6 Å². The van der Waals surface area contributed by atoms with Crippen LogP contribution in [0.15, 0.2) is 0 Å². The van der Waals surface area contributed by atoms with Crippen LogP contribution >= 0.6 is 0 Å². The number of likely N-dealkylation sites (N-methyl/N-ethyl adjacent to an activating group) is 1. The van der Waals surface area contributed by atoms with Crippen molar-refractivity contribution in [1.82, 2.24) is 0 Å². The Morgan fingerprint density at radius 1 is 0.692 bits per heavy atom. The maximum absolute atomic E-state index is 9.86. The largest absolute Gasteiger partial charge is 1.00 e. The van der Waals surface area contributed by atoms with Crippen molar-refractivity contribution in [2.24, 2.45) is 0 Å². The third kappa shape index (κ3) is 24.4. The average molecular weight is 439 g/mol. The molecule has 0 aliphatic rings. The molecular weight excluding hydrogens is 390 g/mol. The van der Waals surface area contributed by atoms with Gasteiger partial charge >= 0.3 is 0 Å². The van der Waals surface area contributed by atoms with E-state index in [0.717, 1.165) is 24.1 Å². The SMILES string of the molecule is CCCCCCCCCCCCCCCCOC[C@@H](O)C[N+](C)(C)C.[Br-]. The van der Waals surface area contributed by atoms with E-state index in [2.05, 4.69) is 28.1 Å². The van der Waals surface area contributed by atoms with E-state index in [1.165, 1.54) is 83.5 Å². The van der Waals surface area contributed by atoms with E-state index in [4.69, 9.17) is 4.74 Å². The Labute approximate surface area is 175 Å². The topological polar surface area (TPSA) is 29.5 Å². The maximum atomic E-state index is 9.86. The van der Waals surface area contributed by atoms with Gasteiger partial charge in [0.15, 0.2) is 0 Å². The minimum atomic E-state index is -0.341. The molecule has 0 saturated carbocycles. The van der Waals surface area contributed by atoms with Gasteiger partial charge in [-0.2, -0.15) is 0 Å². The van der Waals surface area contributed by atoms with Crippen molar-refractivity contribution in [1.29, 1.82) is 0 Å². The number of hydrogen-bond donors (Lipinski definition) is 1. The van der Waals surface area contributed by atoms with Gasteiger partial charge < -0.3 is 31.3 Å². The molecule has 0 aromatic rings. The summed E-state index contributed by atoms with van der Waals surface area (Å²) in [5.41, 5.74) is 0. The number of rotatable bonds is 19. The molecule has 0 fully saturated rings. The number of ether oxygens (including phenoxy) is 1. The Morgan fingerprint density at radius 2 is 1.08 bits per heavy atom. The fourth-order valence-electron chi connectivity index (χ4n) is 3.30. The van der Waals surface area contributed by atoms with Gasteiger partial charge in [0.2, 0.25) is 0 Å². The minimum Gasteiger partial charge on any atom is -1.00 e. The van der Waals surface area contributed by atoms with E-state index in [0.29, 0.717) is 6.61 Å². The zero-order chi connectivity index (χ0) is 18.8. The summed E-state index contributed by atoms with van der Waals surface area (Å²) in [6.45, 7) is 4.31. The molecule has 0 heterocycles. The number of nitrogens with zero attached hydrogens (tertiary/aromatic N) is 1. The zero-order valence-corrected chi connectivity index (χ0v) is 19.9. The molecule has 4 heteroatoms. The van der Waals surface area contributed by atoms with Crippen molar-refractivity contribution < 1.29 is 31.3 Å². The number of unbranched alkanes of at least 4 members (excludes halogenated alkanes) is 13. The number of halogens is 1. The Kier molecular flexibility index (Phi) is 22.1. The first-order valence-corrected chi connectivity index (χ1v) is 11.0. The molecule has 0 aliphatic heterocycles. The fourth-order valence-corrected chi connectivity index (χ4v) is 3.30. The molecule has 0 aromatic carbocycles. The lowest BCUT2D eigenvalue weighted by Gasteiger charge is -2.26. The average Bonchev–Trinajstić information content (AvgIpc) is 2.53. The van der Waals surface area contributed by atoms with E-state index < -0.39 is 0 Å². The fraction of sp³-hybridized carbons (Fsp3) is 1.00. The molecule has 0 radical (unpaired) electrons. The second kappa shape index (κ2) is 20.1. The van der Waals surface area contributed by atoms with E-state index >= 15 is 0 Å². The molecule has 0 aliphatic carbocycles. The second-order valence-electron chi connectivity index (χ2n) is 8.80. The summed E-state index contributed by atoms with van der Waals surface area (Å²) in [6.07, 6.45) is 19.0. The summed E-state index contributed by atoms with van der Waals surface area (Å²) in [7, 11) is 6.28. The van der Waals surface area contributed by atoms with Gasteiger partial charge in [0, 0.05) is 6.61 Å². The first kappa shape index (κ1) is 28.6. The van der Waals surface area contributed by atoms with Crippen LogP contribution in [0.4, 0.5) is 0 Å². The van der Waals surface area contributed by atoms with Crippen LogP contribution in [-0.4, -0.2) is 56.6 Å². The van der Waals surface area contributed by atoms with E-state index in [9.17, 15) is 5.11 Å². The predicted molar refractivity (Wildman–Crippen MR) is 110 cm³/mol. The highest BCUT2D eigenvalue weighted by Crippen LogP contribution is 2.12. The highest BCUT2D eigenvalue weighted by atomic mass is 79.9. The Balaban J connectivity index is 0. The molecule has 1 N–H and O–H groups in total. The van der Waals surface area contributed by atoms with Crippen molar-refractivity contribution in [3.8, 4) is 0 Å². The molecule has 160 valence electrons. The molecule has 26 heavy (non-hydrogen) atoms. The molecule has 1 atom stereocenters. The molecule has 0 bridgehead atoms. The van der Waals surface area contributed by atoms with Crippen LogP contribution in [0.3, 0.4) is 0 Å². The van der Waals surface area contributed by atoms with Crippen molar-refractivity contribution >= 4 is 0 Å². The van der Waals surface area contributed by atoms with Crippen LogP contribution in [0.25, 0.3) is 0 Å². The number of aliphatic hydroxyl groups is 1. The normalized spacial score (nSPS) is 12.8. The van der Waals surface area contributed by atoms with Gasteiger partial charge in [0.05, 0.1) is 27.7 Å². The zero-order valence-electron chi connectivity index (χ0n) is 18.3. The lowest BCUT2D eigenvalue weighted by atomic mass is 10.0.